The first-order chi connectivity index (χ1) is 16.5. The van der Waals surface area contributed by atoms with E-state index >= 15 is 0 Å². The van der Waals surface area contributed by atoms with Crippen LogP contribution in [0.15, 0.2) is 60.4 Å². The van der Waals surface area contributed by atoms with Gasteiger partial charge in [0.05, 0.1) is 7.11 Å². The minimum Gasteiger partial charge on any atom is -0.497 e. The summed E-state index contributed by atoms with van der Waals surface area (Å²) in [5.74, 6) is 0.588. The minimum absolute atomic E-state index is 0.164. The van der Waals surface area contributed by atoms with E-state index in [-0.39, 0.29) is 11.5 Å². The predicted molar refractivity (Wildman–Crippen MR) is 131 cm³/mol. The van der Waals surface area contributed by atoms with Crippen LogP contribution < -0.4 is 4.74 Å². The molecular weight excluding hydrogens is 426 g/mol. The van der Waals surface area contributed by atoms with Gasteiger partial charge >= 0.3 is 0 Å². The second kappa shape index (κ2) is 10.4. The van der Waals surface area contributed by atoms with Gasteiger partial charge in [-0.2, -0.15) is 5.26 Å². The van der Waals surface area contributed by atoms with Crippen LogP contribution in [0.25, 0.3) is 11.8 Å². The normalized spacial score (nSPS) is 14.6. The average Bonchev–Trinajstić information content (AvgIpc) is 3.15. The van der Waals surface area contributed by atoms with Crippen molar-refractivity contribution in [3.05, 3.63) is 82.9 Å². The third-order valence-electron chi connectivity index (χ3n) is 6.27. The van der Waals surface area contributed by atoms with Crippen molar-refractivity contribution in [1.29, 1.82) is 5.26 Å². The van der Waals surface area contributed by atoms with Gasteiger partial charge in [-0.3, -0.25) is 14.7 Å². The van der Waals surface area contributed by atoms with Crippen LogP contribution in [-0.2, 0) is 11.3 Å². The summed E-state index contributed by atoms with van der Waals surface area (Å²) in [6, 6.07) is 16.0. The number of hydrogen-bond donors (Lipinski definition) is 0. The zero-order valence-corrected chi connectivity index (χ0v) is 19.9. The molecule has 3 aromatic rings. The largest absolute Gasteiger partial charge is 0.497 e. The molecule has 0 N–H and O–H groups in total. The molecule has 2 aromatic heterocycles. The Balaban J connectivity index is 1.47. The quantitative estimate of drug-likeness (QED) is 0.418. The van der Waals surface area contributed by atoms with E-state index in [4.69, 9.17) is 4.74 Å². The van der Waals surface area contributed by atoms with Crippen LogP contribution in [0.2, 0.25) is 0 Å². The van der Waals surface area contributed by atoms with Crippen molar-refractivity contribution < 1.29 is 9.53 Å². The summed E-state index contributed by atoms with van der Waals surface area (Å²) in [5, 5.41) is 9.77. The fraction of sp³-hybridized carbons (Fsp3) is 0.296. The van der Waals surface area contributed by atoms with Gasteiger partial charge in [0, 0.05) is 62.2 Å². The van der Waals surface area contributed by atoms with Crippen molar-refractivity contribution in [2.45, 2.75) is 20.4 Å². The molecule has 4 rings (SSSR count). The first kappa shape index (κ1) is 23.3. The first-order valence-corrected chi connectivity index (χ1v) is 11.4. The van der Waals surface area contributed by atoms with Crippen LogP contribution in [0.1, 0.15) is 22.5 Å². The number of hydrogen-bond acceptors (Lipinski definition) is 5. The van der Waals surface area contributed by atoms with E-state index in [9.17, 15) is 10.1 Å². The van der Waals surface area contributed by atoms with Gasteiger partial charge in [-0.25, -0.2) is 0 Å². The molecule has 1 aromatic carbocycles. The fourth-order valence-corrected chi connectivity index (χ4v) is 4.39. The molecule has 1 aliphatic heterocycles. The van der Waals surface area contributed by atoms with E-state index in [2.05, 4.69) is 20.5 Å². The van der Waals surface area contributed by atoms with Gasteiger partial charge in [0.1, 0.15) is 17.4 Å². The molecule has 0 saturated carbocycles. The SMILES string of the molecule is COc1ccc(-n2c(C)cc(/C=C(\C#N)C(=O)N3CCN(Cc4ccncc4)CC3)c2C)cc1. The molecular formula is C27H29N5O2. The lowest BCUT2D eigenvalue weighted by Gasteiger charge is -2.34. The molecule has 0 spiro atoms. The summed E-state index contributed by atoms with van der Waals surface area (Å²) in [6.07, 6.45) is 5.31. The monoisotopic (exact) mass is 455 g/mol. The number of nitrogens with zero attached hydrogens (tertiary/aromatic N) is 5. The summed E-state index contributed by atoms with van der Waals surface area (Å²) >= 11 is 0. The Morgan fingerprint density at radius 2 is 1.76 bits per heavy atom. The summed E-state index contributed by atoms with van der Waals surface area (Å²) in [7, 11) is 1.64. The number of carbonyl (C=O) groups excluding carboxylic acids is 1. The minimum atomic E-state index is -0.208. The van der Waals surface area contributed by atoms with Crippen LogP contribution in [0, 0.1) is 25.2 Å². The lowest BCUT2D eigenvalue weighted by molar-refractivity contribution is -0.128. The van der Waals surface area contributed by atoms with Gasteiger partial charge in [-0.05, 0) is 73.5 Å². The molecule has 174 valence electrons. The summed E-state index contributed by atoms with van der Waals surface area (Å²) in [4.78, 5) is 21.3. The zero-order chi connectivity index (χ0) is 24.1. The van der Waals surface area contributed by atoms with E-state index in [0.29, 0.717) is 13.1 Å². The molecule has 34 heavy (non-hydrogen) atoms. The molecule has 0 aliphatic carbocycles. The number of nitriles is 1. The van der Waals surface area contributed by atoms with Gasteiger partial charge < -0.3 is 14.2 Å². The first-order valence-electron chi connectivity index (χ1n) is 11.4. The van der Waals surface area contributed by atoms with Crippen LogP contribution in [-0.4, -0.2) is 58.5 Å². The number of piperazine rings is 1. The third-order valence-corrected chi connectivity index (χ3v) is 6.27. The number of rotatable bonds is 6. The fourth-order valence-electron chi connectivity index (χ4n) is 4.39. The van der Waals surface area contributed by atoms with Crippen molar-refractivity contribution in [2.75, 3.05) is 33.3 Å². The number of pyridine rings is 1. The number of benzene rings is 1. The Hall–Kier alpha value is -3.89. The molecule has 0 unspecified atom stereocenters. The summed E-state index contributed by atoms with van der Waals surface area (Å²) in [6.45, 7) is 7.62. The summed E-state index contributed by atoms with van der Waals surface area (Å²) in [5.41, 5.74) is 5.26. The van der Waals surface area contributed by atoms with Gasteiger partial charge in [-0.1, -0.05) is 0 Å². The van der Waals surface area contributed by atoms with E-state index in [1.165, 1.54) is 5.56 Å². The molecule has 1 fully saturated rings. The molecule has 1 saturated heterocycles. The Morgan fingerprint density at radius 3 is 2.38 bits per heavy atom. The van der Waals surface area contributed by atoms with Crippen LogP contribution in [0.4, 0.5) is 0 Å². The van der Waals surface area contributed by atoms with Crippen LogP contribution in [0.5, 0.6) is 5.75 Å². The Bertz CT molecular complexity index is 1210. The molecule has 0 bridgehead atoms. The molecule has 0 atom stereocenters. The smallest absolute Gasteiger partial charge is 0.264 e. The Labute approximate surface area is 200 Å². The van der Waals surface area contributed by atoms with Crippen LogP contribution in [0.3, 0.4) is 0 Å². The maximum atomic E-state index is 13.1. The van der Waals surface area contributed by atoms with E-state index in [0.717, 1.165) is 48.0 Å². The number of ether oxygens (including phenoxy) is 1. The zero-order valence-electron chi connectivity index (χ0n) is 19.9. The lowest BCUT2D eigenvalue weighted by atomic mass is 10.1. The number of carbonyl (C=O) groups is 1. The highest BCUT2D eigenvalue weighted by molar-refractivity contribution is 6.02. The topological polar surface area (TPSA) is 74.4 Å². The Kier molecular flexibility index (Phi) is 7.09. The number of methoxy groups -OCH3 is 1. The van der Waals surface area contributed by atoms with Crippen molar-refractivity contribution >= 4 is 12.0 Å². The molecule has 1 amide bonds. The van der Waals surface area contributed by atoms with Crippen molar-refractivity contribution in [3.63, 3.8) is 0 Å². The average molecular weight is 456 g/mol. The number of amides is 1. The second-order valence-corrected chi connectivity index (χ2v) is 8.45. The highest BCUT2D eigenvalue weighted by Crippen LogP contribution is 2.25. The second-order valence-electron chi connectivity index (χ2n) is 8.45. The number of aryl methyl sites for hydroxylation is 1. The summed E-state index contributed by atoms with van der Waals surface area (Å²) < 4.78 is 7.37. The maximum Gasteiger partial charge on any atom is 0.264 e. The van der Waals surface area contributed by atoms with Gasteiger partial charge in [0.25, 0.3) is 5.91 Å². The lowest BCUT2D eigenvalue weighted by Crippen LogP contribution is -2.48. The highest BCUT2D eigenvalue weighted by Gasteiger charge is 2.24. The van der Waals surface area contributed by atoms with E-state index < -0.39 is 0 Å². The van der Waals surface area contributed by atoms with Crippen molar-refractivity contribution in [3.8, 4) is 17.5 Å². The molecule has 1 aliphatic rings. The van der Waals surface area contributed by atoms with E-state index in [1.54, 1.807) is 30.5 Å². The highest BCUT2D eigenvalue weighted by atomic mass is 16.5. The van der Waals surface area contributed by atoms with Crippen molar-refractivity contribution in [1.82, 2.24) is 19.4 Å². The third kappa shape index (κ3) is 5.03. The maximum absolute atomic E-state index is 13.1. The Morgan fingerprint density at radius 1 is 1.09 bits per heavy atom. The standard InChI is InChI=1S/C27H29N5O2/c1-20-16-23(21(2)32(20)25-4-6-26(34-3)7-5-25)17-24(18-28)27(33)31-14-12-30(13-15-31)19-22-8-10-29-11-9-22/h4-11,16-17H,12-15,19H2,1-3H3/b24-17+. The number of aromatic nitrogens is 2. The predicted octanol–water partition coefficient (Wildman–Crippen LogP) is 3.75. The van der Waals surface area contributed by atoms with Crippen molar-refractivity contribution in [2.24, 2.45) is 0 Å². The molecule has 0 radical (unpaired) electrons. The van der Waals surface area contributed by atoms with Gasteiger partial charge in [0.2, 0.25) is 0 Å². The van der Waals surface area contributed by atoms with E-state index in [1.807, 2.05) is 56.3 Å². The molecule has 3 heterocycles. The molecule has 7 heteroatoms. The van der Waals surface area contributed by atoms with Crippen LogP contribution >= 0.6 is 0 Å². The van der Waals surface area contributed by atoms with Gasteiger partial charge in [-0.15, -0.1) is 0 Å². The van der Waals surface area contributed by atoms with Gasteiger partial charge in [0.15, 0.2) is 0 Å². The molecule has 7 nitrogen and oxygen atoms in total.